The van der Waals surface area contributed by atoms with Gasteiger partial charge in [0.25, 0.3) is 0 Å². The van der Waals surface area contributed by atoms with Crippen LogP contribution in [0, 0.1) is 11.8 Å². The first kappa shape index (κ1) is 13.4. The summed E-state index contributed by atoms with van der Waals surface area (Å²) in [5, 5.41) is 3.66. The molecule has 1 unspecified atom stereocenters. The number of hydrogen-bond donors (Lipinski definition) is 1. The summed E-state index contributed by atoms with van der Waals surface area (Å²) in [6.07, 6.45) is 10.2. The maximum Gasteiger partial charge on any atom is 0.0107 e. The van der Waals surface area contributed by atoms with E-state index in [1.807, 2.05) is 0 Å². The van der Waals surface area contributed by atoms with E-state index >= 15 is 0 Å². The van der Waals surface area contributed by atoms with E-state index in [2.05, 4.69) is 24.2 Å². The first-order valence-corrected chi connectivity index (χ1v) is 7.68. The number of likely N-dealkylation sites (N-methyl/N-ethyl adjacent to an activating group) is 1. The molecule has 0 aromatic heterocycles. The summed E-state index contributed by atoms with van der Waals surface area (Å²) in [5.74, 6) is 1.97. The predicted molar refractivity (Wildman–Crippen MR) is 74.3 cm³/mol. The van der Waals surface area contributed by atoms with Crippen LogP contribution < -0.4 is 5.32 Å². The van der Waals surface area contributed by atoms with Crippen LogP contribution in [0.15, 0.2) is 0 Å². The van der Waals surface area contributed by atoms with Crippen LogP contribution in [-0.4, -0.2) is 37.6 Å². The van der Waals surface area contributed by atoms with Crippen molar-refractivity contribution in [2.75, 3.05) is 26.7 Å². The zero-order valence-corrected chi connectivity index (χ0v) is 11.8. The Kier molecular flexibility index (Phi) is 5.30. The predicted octanol–water partition coefficient (Wildman–Crippen LogP) is 2.89. The third-order valence-corrected chi connectivity index (χ3v) is 4.80. The molecule has 1 N–H and O–H groups in total. The highest BCUT2D eigenvalue weighted by molar-refractivity contribution is 4.84. The number of nitrogens with one attached hydrogen (secondary N) is 1. The van der Waals surface area contributed by atoms with E-state index in [-0.39, 0.29) is 0 Å². The molecule has 0 heterocycles. The van der Waals surface area contributed by atoms with Gasteiger partial charge in [0.2, 0.25) is 0 Å². The van der Waals surface area contributed by atoms with Crippen LogP contribution in [0.3, 0.4) is 0 Å². The van der Waals surface area contributed by atoms with E-state index in [9.17, 15) is 0 Å². The van der Waals surface area contributed by atoms with Crippen LogP contribution >= 0.6 is 0 Å². The van der Waals surface area contributed by atoms with Gasteiger partial charge in [-0.2, -0.15) is 0 Å². The molecule has 2 aliphatic rings. The molecule has 0 saturated heterocycles. The normalized spacial score (nSPS) is 24.2. The lowest BCUT2D eigenvalue weighted by atomic mass is 9.89. The van der Waals surface area contributed by atoms with E-state index in [0.717, 1.165) is 17.9 Å². The van der Waals surface area contributed by atoms with Crippen LogP contribution in [0.1, 0.15) is 51.9 Å². The van der Waals surface area contributed by atoms with Gasteiger partial charge in [0.1, 0.15) is 0 Å². The van der Waals surface area contributed by atoms with E-state index in [4.69, 9.17) is 0 Å². The second-order valence-corrected chi connectivity index (χ2v) is 6.27. The molecule has 0 bridgehead atoms. The van der Waals surface area contributed by atoms with Crippen molar-refractivity contribution < 1.29 is 0 Å². The van der Waals surface area contributed by atoms with Crippen LogP contribution in [0.2, 0.25) is 0 Å². The van der Waals surface area contributed by atoms with Crippen molar-refractivity contribution in [2.24, 2.45) is 11.8 Å². The molecule has 0 amide bonds. The lowest BCUT2D eigenvalue weighted by Crippen LogP contribution is -2.37. The van der Waals surface area contributed by atoms with Crippen molar-refractivity contribution in [2.45, 2.75) is 57.9 Å². The molecule has 2 aliphatic carbocycles. The molecule has 0 radical (unpaired) electrons. The second kappa shape index (κ2) is 6.75. The summed E-state index contributed by atoms with van der Waals surface area (Å²) >= 11 is 0. The third-order valence-electron chi connectivity index (χ3n) is 4.80. The quantitative estimate of drug-likeness (QED) is 0.686. The molecular formula is C15H30N2. The summed E-state index contributed by atoms with van der Waals surface area (Å²) in [4.78, 5) is 2.53. The summed E-state index contributed by atoms with van der Waals surface area (Å²) < 4.78 is 0. The van der Waals surface area contributed by atoms with Gasteiger partial charge in [0.05, 0.1) is 0 Å². The summed E-state index contributed by atoms with van der Waals surface area (Å²) in [7, 11) is 2.28. The Morgan fingerprint density at radius 2 is 1.82 bits per heavy atom. The van der Waals surface area contributed by atoms with Gasteiger partial charge in [-0.15, -0.1) is 0 Å². The van der Waals surface area contributed by atoms with Gasteiger partial charge >= 0.3 is 0 Å². The lowest BCUT2D eigenvalue weighted by molar-refractivity contribution is 0.231. The van der Waals surface area contributed by atoms with Crippen LogP contribution in [0.5, 0.6) is 0 Å². The summed E-state index contributed by atoms with van der Waals surface area (Å²) in [5.41, 5.74) is 0. The minimum Gasteiger partial charge on any atom is -0.315 e. The zero-order valence-electron chi connectivity index (χ0n) is 11.8. The molecule has 2 nitrogen and oxygen atoms in total. The van der Waals surface area contributed by atoms with Crippen molar-refractivity contribution in [3.8, 4) is 0 Å². The van der Waals surface area contributed by atoms with E-state index in [1.54, 1.807) is 0 Å². The fraction of sp³-hybridized carbons (Fsp3) is 1.00. The van der Waals surface area contributed by atoms with Crippen molar-refractivity contribution in [3.63, 3.8) is 0 Å². The largest absolute Gasteiger partial charge is 0.315 e. The molecule has 17 heavy (non-hydrogen) atoms. The molecule has 2 saturated carbocycles. The van der Waals surface area contributed by atoms with Crippen LogP contribution in [0.25, 0.3) is 0 Å². The SMILES string of the molecule is CC(C1CC1)N(C)CCNCC1CCCCC1. The average molecular weight is 238 g/mol. The Morgan fingerprint density at radius 1 is 1.12 bits per heavy atom. The Morgan fingerprint density at radius 3 is 2.47 bits per heavy atom. The molecule has 100 valence electrons. The van der Waals surface area contributed by atoms with Crippen molar-refractivity contribution in [1.29, 1.82) is 0 Å². The second-order valence-electron chi connectivity index (χ2n) is 6.27. The van der Waals surface area contributed by atoms with E-state index in [0.29, 0.717) is 0 Å². The van der Waals surface area contributed by atoms with Gasteiger partial charge in [0.15, 0.2) is 0 Å². The first-order valence-electron chi connectivity index (χ1n) is 7.68. The lowest BCUT2D eigenvalue weighted by Gasteiger charge is -2.26. The van der Waals surface area contributed by atoms with Crippen molar-refractivity contribution >= 4 is 0 Å². The van der Waals surface area contributed by atoms with Gasteiger partial charge in [0, 0.05) is 19.1 Å². The van der Waals surface area contributed by atoms with Gasteiger partial charge in [-0.3, -0.25) is 0 Å². The van der Waals surface area contributed by atoms with Gasteiger partial charge < -0.3 is 10.2 Å². The van der Waals surface area contributed by atoms with Gasteiger partial charge in [-0.1, -0.05) is 19.3 Å². The van der Waals surface area contributed by atoms with Gasteiger partial charge in [-0.05, 0) is 58.0 Å². The molecule has 0 aromatic carbocycles. The number of rotatable bonds is 7. The topological polar surface area (TPSA) is 15.3 Å². The minimum atomic E-state index is 0.798. The molecule has 0 aromatic rings. The maximum atomic E-state index is 3.66. The first-order chi connectivity index (χ1) is 8.27. The monoisotopic (exact) mass is 238 g/mol. The molecule has 0 spiro atoms. The minimum absolute atomic E-state index is 0.798. The number of hydrogen-bond acceptors (Lipinski definition) is 2. The van der Waals surface area contributed by atoms with Crippen LogP contribution in [0.4, 0.5) is 0 Å². The Balaban J connectivity index is 1.50. The number of nitrogens with zero attached hydrogens (tertiary/aromatic N) is 1. The maximum absolute atomic E-state index is 3.66. The van der Waals surface area contributed by atoms with Crippen molar-refractivity contribution in [3.05, 3.63) is 0 Å². The summed E-state index contributed by atoms with van der Waals surface area (Å²) in [6, 6.07) is 0.798. The molecule has 2 heteroatoms. The Labute approximate surface area is 107 Å². The van der Waals surface area contributed by atoms with Crippen LogP contribution in [-0.2, 0) is 0 Å². The summed E-state index contributed by atoms with van der Waals surface area (Å²) in [6.45, 7) is 6.03. The molecule has 2 fully saturated rings. The average Bonchev–Trinajstić information content (AvgIpc) is 3.19. The molecule has 2 rings (SSSR count). The fourth-order valence-electron chi connectivity index (χ4n) is 3.10. The van der Waals surface area contributed by atoms with E-state index in [1.165, 1.54) is 64.6 Å². The third kappa shape index (κ3) is 4.59. The molecular weight excluding hydrogens is 208 g/mol. The Bertz CT molecular complexity index is 207. The van der Waals surface area contributed by atoms with E-state index < -0.39 is 0 Å². The molecule has 0 aliphatic heterocycles. The standard InChI is InChI=1S/C15H30N2/c1-13(15-8-9-15)17(2)11-10-16-12-14-6-4-3-5-7-14/h13-16H,3-12H2,1-2H3. The highest BCUT2D eigenvalue weighted by Crippen LogP contribution is 2.34. The smallest absolute Gasteiger partial charge is 0.0107 e. The highest BCUT2D eigenvalue weighted by atomic mass is 15.1. The fourth-order valence-corrected chi connectivity index (χ4v) is 3.10. The molecule has 1 atom stereocenters. The van der Waals surface area contributed by atoms with Gasteiger partial charge in [-0.25, -0.2) is 0 Å². The highest BCUT2D eigenvalue weighted by Gasteiger charge is 2.29. The zero-order chi connectivity index (χ0) is 12.1. The van der Waals surface area contributed by atoms with Crippen molar-refractivity contribution in [1.82, 2.24) is 10.2 Å². The Hall–Kier alpha value is -0.0800.